The average Bonchev–Trinajstić information content (AvgIpc) is 2.99. The summed E-state index contributed by atoms with van der Waals surface area (Å²) in [4.78, 5) is 14.6. The Bertz CT molecular complexity index is 762. The zero-order chi connectivity index (χ0) is 18.2. The predicted octanol–water partition coefficient (Wildman–Crippen LogP) is 3.64. The monoisotopic (exact) mass is 361 g/mol. The lowest BCUT2D eigenvalue weighted by molar-refractivity contribution is -0.138. The molecular formula is C19H24ClN3O2. The summed E-state index contributed by atoms with van der Waals surface area (Å²) >= 11 is 5.88. The van der Waals surface area contributed by atoms with Crippen LogP contribution in [-0.4, -0.2) is 33.2 Å². The molecule has 1 aromatic carbocycles. The number of ether oxygens (including phenoxy) is 1. The summed E-state index contributed by atoms with van der Waals surface area (Å²) in [6.07, 6.45) is 2.15. The first-order chi connectivity index (χ1) is 11.8. The van der Waals surface area contributed by atoms with Gasteiger partial charge in [-0.3, -0.25) is 9.48 Å². The molecule has 0 N–H and O–H groups in total. The lowest BCUT2D eigenvalue weighted by Gasteiger charge is -2.31. The molecular weight excluding hydrogens is 338 g/mol. The minimum atomic E-state index is -0.541. The Balaban J connectivity index is 1.68. The number of benzene rings is 1. The van der Waals surface area contributed by atoms with Crippen LogP contribution in [0.25, 0.3) is 0 Å². The Morgan fingerprint density at radius 3 is 2.60 bits per heavy atom. The topological polar surface area (TPSA) is 47.4 Å². The van der Waals surface area contributed by atoms with Crippen molar-refractivity contribution in [1.82, 2.24) is 14.7 Å². The number of nitrogens with zero attached hydrogens (tertiary/aromatic N) is 3. The van der Waals surface area contributed by atoms with Crippen molar-refractivity contribution >= 4 is 17.5 Å². The third kappa shape index (κ3) is 3.82. The van der Waals surface area contributed by atoms with E-state index in [1.165, 1.54) is 5.69 Å². The van der Waals surface area contributed by atoms with Gasteiger partial charge in [0.15, 0.2) is 6.10 Å². The maximum absolute atomic E-state index is 12.7. The predicted molar refractivity (Wildman–Crippen MR) is 97.9 cm³/mol. The normalized spacial score (nSPS) is 15.6. The Kier molecular flexibility index (Phi) is 4.78. The molecule has 5 nitrogen and oxygen atoms in total. The molecule has 1 amide bonds. The Labute approximate surface area is 153 Å². The van der Waals surface area contributed by atoms with Crippen molar-refractivity contribution in [2.75, 3.05) is 6.54 Å². The van der Waals surface area contributed by atoms with Crippen LogP contribution in [0, 0.1) is 0 Å². The van der Waals surface area contributed by atoms with Gasteiger partial charge in [-0.1, -0.05) is 11.6 Å². The average molecular weight is 362 g/mol. The van der Waals surface area contributed by atoms with Crippen LogP contribution in [0.2, 0.25) is 5.02 Å². The second kappa shape index (κ2) is 6.71. The Morgan fingerprint density at radius 1 is 1.28 bits per heavy atom. The summed E-state index contributed by atoms with van der Waals surface area (Å²) in [5.41, 5.74) is 2.29. The van der Waals surface area contributed by atoms with Gasteiger partial charge < -0.3 is 9.64 Å². The fraction of sp³-hybridized carbons (Fsp3) is 0.474. The van der Waals surface area contributed by atoms with Crippen LogP contribution in [0.15, 0.2) is 30.5 Å². The summed E-state index contributed by atoms with van der Waals surface area (Å²) in [5.74, 6) is 0.632. The smallest absolute Gasteiger partial charge is 0.263 e. The lowest BCUT2D eigenvalue weighted by atomic mass is 10.0. The van der Waals surface area contributed by atoms with Crippen molar-refractivity contribution in [1.29, 1.82) is 0 Å². The van der Waals surface area contributed by atoms with Crippen LogP contribution in [0.3, 0.4) is 0 Å². The van der Waals surface area contributed by atoms with Gasteiger partial charge in [0, 0.05) is 35.8 Å². The molecule has 0 saturated carbocycles. The van der Waals surface area contributed by atoms with Crippen LogP contribution >= 0.6 is 11.6 Å². The number of hydrogen-bond donors (Lipinski definition) is 0. The highest BCUT2D eigenvalue weighted by molar-refractivity contribution is 6.30. The number of amides is 1. The van der Waals surface area contributed by atoms with Gasteiger partial charge in [-0.05, 0) is 52.0 Å². The fourth-order valence-corrected chi connectivity index (χ4v) is 3.25. The lowest BCUT2D eigenvalue weighted by Crippen LogP contribution is -2.43. The molecule has 6 heteroatoms. The molecule has 1 atom stereocenters. The molecule has 2 aromatic rings. The van der Waals surface area contributed by atoms with E-state index in [1.54, 1.807) is 31.2 Å². The van der Waals surface area contributed by atoms with Crippen molar-refractivity contribution < 1.29 is 9.53 Å². The van der Waals surface area contributed by atoms with Crippen molar-refractivity contribution in [3.05, 3.63) is 46.7 Å². The highest BCUT2D eigenvalue weighted by Gasteiger charge is 2.30. The van der Waals surface area contributed by atoms with Crippen LogP contribution in [0.1, 0.15) is 39.0 Å². The van der Waals surface area contributed by atoms with E-state index in [2.05, 4.69) is 30.6 Å². The molecule has 0 saturated heterocycles. The molecule has 0 radical (unpaired) electrons. The summed E-state index contributed by atoms with van der Waals surface area (Å²) in [5, 5.41) is 5.16. The third-order valence-electron chi connectivity index (χ3n) is 4.36. The van der Waals surface area contributed by atoms with Crippen molar-refractivity contribution in [3.8, 4) is 5.75 Å². The van der Waals surface area contributed by atoms with Gasteiger partial charge in [0.05, 0.1) is 11.7 Å². The Morgan fingerprint density at radius 2 is 1.96 bits per heavy atom. The van der Waals surface area contributed by atoms with Gasteiger partial charge in [-0.25, -0.2) is 0 Å². The second-order valence-corrected chi connectivity index (χ2v) is 7.86. The molecule has 1 unspecified atom stereocenters. The van der Waals surface area contributed by atoms with Crippen molar-refractivity contribution in [3.63, 3.8) is 0 Å². The van der Waals surface area contributed by atoms with Gasteiger partial charge in [0.25, 0.3) is 5.91 Å². The number of rotatable bonds is 3. The standard InChI is InChI=1S/C19H24ClN3O2/c1-13(25-16-7-5-15(20)6-8-16)18(24)22-10-9-17-14(12-22)11-21-23(17)19(2,3)4/h5-8,11,13H,9-10,12H2,1-4H3. The molecule has 0 fully saturated rings. The molecule has 0 bridgehead atoms. The maximum Gasteiger partial charge on any atom is 0.263 e. The highest BCUT2D eigenvalue weighted by atomic mass is 35.5. The quantitative estimate of drug-likeness (QED) is 0.838. The summed E-state index contributed by atoms with van der Waals surface area (Å²) < 4.78 is 7.83. The number of carbonyl (C=O) groups excluding carboxylic acids is 1. The molecule has 25 heavy (non-hydrogen) atoms. The first-order valence-electron chi connectivity index (χ1n) is 8.53. The molecule has 0 aliphatic carbocycles. The summed E-state index contributed by atoms with van der Waals surface area (Å²) in [6.45, 7) is 9.46. The van der Waals surface area contributed by atoms with E-state index in [9.17, 15) is 4.79 Å². The van der Waals surface area contributed by atoms with Gasteiger partial charge in [0.1, 0.15) is 5.75 Å². The van der Waals surface area contributed by atoms with E-state index in [1.807, 2.05) is 11.1 Å². The van der Waals surface area contributed by atoms with Crippen LogP contribution in [-0.2, 0) is 23.3 Å². The number of fused-ring (bicyclic) bond motifs is 1. The fourth-order valence-electron chi connectivity index (χ4n) is 3.12. The van der Waals surface area contributed by atoms with E-state index in [0.717, 1.165) is 12.0 Å². The van der Waals surface area contributed by atoms with Crippen LogP contribution in [0.5, 0.6) is 5.75 Å². The van der Waals surface area contributed by atoms with E-state index in [-0.39, 0.29) is 11.4 Å². The van der Waals surface area contributed by atoms with Crippen molar-refractivity contribution in [2.24, 2.45) is 0 Å². The second-order valence-electron chi connectivity index (χ2n) is 7.42. The largest absolute Gasteiger partial charge is 0.481 e. The number of hydrogen-bond acceptors (Lipinski definition) is 3. The summed E-state index contributed by atoms with van der Waals surface area (Å²) in [7, 11) is 0. The first-order valence-corrected chi connectivity index (χ1v) is 8.91. The number of carbonyl (C=O) groups is 1. The zero-order valence-corrected chi connectivity index (χ0v) is 15.9. The minimum absolute atomic E-state index is 0.0101. The van der Waals surface area contributed by atoms with Gasteiger partial charge in [-0.2, -0.15) is 5.10 Å². The summed E-state index contributed by atoms with van der Waals surface area (Å²) in [6, 6.07) is 7.05. The molecule has 1 aliphatic heterocycles. The highest BCUT2D eigenvalue weighted by Crippen LogP contribution is 2.25. The van der Waals surface area contributed by atoms with E-state index >= 15 is 0 Å². The molecule has 3 rings (SSSR count). The van der Waals surface area contributed by atoms with Crippen LogP contribution in [0.4, 0.5) is 0 Å². The number of aromatic nitrogens is 2. The van der Waals surface area contributed by atoms with E-state index in [0.29, 0.717) is 23.9 Å². The minimum Gasteiger partial charge on any atom is -0.481 e. The molecule has 0 spiro atoms. The Hall–Kier alpha value is -2.01. The van der Waals surface area contributed by atoms with Gasteiger partial charge >= 0.3 is 0 Å². The third-order valence-corrected chi connectivity index (χ3v) is 4.61. The molecule has 134 valence electrons. The van der Waals surface area contributed by atoms with E-state index < -0.39 is 6.10 Å². The van der Waals surface area contributed by atoms with Gasteiger partial charge in [-0.15, -0.1) is 0 Å². The molecule has 1 aliphatic rings. The van der Waals surface area contributed by atoms with Gasteiger partial charge in [0.2, 0.25) is 0 Å². The molecule has 1 aromatic heterocycles. The molecule has 2 heterocycles. The van der Waals surface area contributed by atoms with E-state index in [4.69, 9.17) is 16.3 Å². The zero-order valence-electron chi connectivity index (χ0n) is 15.1. The maximum atomic E-state index is 12.7. The van der Waals surface area contributed by atoms with Crippen LogP contribution < -0.4 is 4.74 Å². The van der Waals surface area contributed by atoms with Crippen molar-refractivity contribution in [2.45, 2.75) is 52.3 Å². The first kappa shape index (κ1) is 17.8. The SMILES string of the molecule is CC(Oc1ccc(Cl)cc1)C(=O)N1CCc2c(cnn2C(C)(C)C)C1. The number of halogens is 1.